The molecule has 0 unspecified atom stereocenters. The molecule has 0 radical (unpaired) electrons. The predicted octanol–water partition coefficient (Wildman–Crippen LogP) is 2.05. The molecule has 1 saturated heterocycles. The highest BCUT2D eigenvalue weighted by Crippen LogP contribution is 2.40. The third-order valence-electron chi connectivity index (χ3n) is 3.44. The Kier molecular flexibility index (Phi) is 2.28. The normalized spacial score (nSPS) is 30.1. The Morgan fingerprint density at radius 1 is 1.44 bits per heavy atom. The quantitative estimate of drug-likeness (QED) is 0.728. The number of imide groups is 1. The zero-order valence-electron chi connectivity index (χ0n) is 9.63. The Morgan fingerprint density at radius 2 is 2.22 bits per heavy atom. The van der Waals surface area contributed by atoms with Crippen LogP contribution in [0.3, 0.4) is 0 Å². The van der Waals surface area contributed by atoms with Gasteiger partial charge in [-0.1, -0.05) is 17.7 Å². The van der Waals surface area contributed by atoms with E-state index in [1.165, 1.54) is 0 Å². The van der Waals surface area contributed by atoms with Crippen molar-refractivity contribution in [3.8, 4) is 0 Å². The Labute approximate surface area is 108 Å². The van der Waals surface area contributed by atoms with E-state index < -0.39 is 11.5 Å². The van der Waals surface area contributed by atoms with Crippen LogP contribution >= 0.6 is 11.6 Å². The van der Waals surface area contributed by atoms with E-state index in [-0.39, 0.29) is 18.4 Å². The molecule has 2 aliphatic heterocycles. The number of benzene rings is 1. The van der Waals surface area contributed by atoms with Crippen LogP contribution in [0.1, 0.15) is 6.92 Å². The van der Waals surface area contributed by atoms with E-state index in [9.17, 15) is 9.59 Å². The molecule has 2 amide bonds. The van der Waals surface area contributed by atoms with E-state index in [2.05, 4.69) is 10.2 Å². The molecule has 2 atom stereocenters. The number of halogens is 1. The molecule has 0 saturated carbocycles. The Bertz CT molecular complexity index is 586. The molecular weight excluding hydrogens is 254 g/mol. The molecule has 1 fully saturated rings. The number of hydrogen-bond donors (Lipinski definition) is 0. The third-order valence-corrected chi connectivity index (χ3v) is 3.68. The molecule has 0 N–H and O–H groups in total. The minimum atomic E-state index is -1.04. The summed E-state index contributed by atoms with van der Waals surface area (Å²) in [5.74, 6) is -1.07. The van der Waals surface area contributed by atoms with Gasteiger partial charge in [0.1, 0.15) is 0 Å². The summed E-state index contributed by atoms with van der Waals surface area (Å²) in [4.78, 5) is 25.8. The highest BCUT2D eigenvalue weighted by molar-refractivity contribution is 6.31. The summed E-state index contributed by atoms with van der Waals surface area (Å²) in [5, 5.41) is 8.24. The molecule has 0 bridgehead atoms. The van der Waals surface area contributed by atoms with Crippen molar-refractivity contribution in [2.24, 2.45) is 16.1 Å². The topological polar surface area (TPSA) is 62.1 Å². The SMILES string of the molecule is C[C@@]12N=NC[C@@H]1C(=O)N(c1cccc(Cl)c1)C2=O. The molecule has 1 aromatic rings. The molecule has 3 rings (SSSR count). The number of carbonyl (C=O) groups excluding carboxylic acids is 2. The van der Waals surface area contributed by atoms with Gasteiger partial charge < -0.3 is 0 Å². The zero-order chi connectivity index (χ0) is 12.9. The van der Waals surface area contributed by atoms with Crippen LogP contribution in [-0.2, 0) is 9.59 Å². The number of nitrogens with zero attached hydrogens (tertiary/aromatic N) is 3. The number of rotatable bonds is 1. The van der Waals surface area contributed by atoms with Crippen molar-refractivity contribution in [3.05, 3.63) is 29.3 Å². The number of anilines is 1. The Hall–Kier alpha value is -1.75. The standard InChI is InChI=1S/C12H10ClN3O2/c1-12-9(6-14-15-12)10(17)16(11(12)18)8-4-2-3-7(13)5-8/h2-5,9H,6H2,1H3/t9-,12-/m1/s1. The van der Waals surface area contributed by atoms with Gasteiger partial charge >= 0.3 is 0 Å². The second-order valence-corrected chi connectivity index (χ2v) is 5.02. The smallest absolute Gasteiger partial charge is 0.264 e. The molecule has 0 aromatic heterocycles. The zero-order valence-corrected chi connectivity index (χ0v) is 10.4. The fourth-order valence-electron chi connectivity index (χ4n) is 2.37. The van der Waals surface area contributed by atoms with Crippen molar-refractivity contribution >= 4 is 29.1 Å². The van der Waals surface area contributed by atoms with Gasteiger partial charge in [0, 0.05) is 5.02 Å². The lowest BCUT2D eigenvalue weighted by Gasteiger charge is -2.16. The van der Waals surface area contributed by atoms with E-state index >= 15 is 0 Å². The van der Waals surface area contributed by atoms with Crippen molar-refractivity contribution < 1.29 is 9.59 Å². The van der Waals surface area contributed by atoms with Gasteiger partial charge in [0.05, 0.1) is 18.2 Å². The van der Waals surface area contributed by atoms with Crippen molar-refractivity contribution in [1.29, 1.82) is 0 Å². The van der Waals surface area contributed by atoms with Crippen LogP contribution in [0, 0.1) is 5.92 Å². The lowest BCUT2D eigenvalue weighted by Crippen LogP contribution is -2.37. The lowest BCUT2D eigenvalue weighted by molar-refractivity contribution is -0.122. The molecule has 0 aliphatic carbocycles. The first kappa shape index (κ1) is 11.3. The van der Waals surface area contributed by atoms with Crippen molar-refractivity contribution in [2.75, 3.05) is 11.4 Å². The summed E-state index contributed by atoms with van der Waals surface area (Å²) in [5.41, 5.74) is -0.553. The summed E-state index contributed by atoms with van der Waals surface area (Å²) in [6.45, 7) is 1.93. The summed E-state index contributed by atoms with van der Waals surface area (Å²) in [6, 6.07) is 6.68. The van der Waals surface area contributed by atoms with Gasteiger partial charge in [0.15, 0.2) is 5.54 Å². The van der Waals surface area contributed by atoms with Gasteiger partial charge in [-0.3, -0.25) is 9.59 Å². The van der Waals surface area contributed by atoms with Crippen LogP contribution in [0.4, 0.5) is 5.69 Å². The number of azo groups is 1. The second kappa shape index (κ2) is 3.62. The first-order valence-corrected chi connectivity index (χ1v) is 5.94. The summed E-state index contributed by atoms with van der Waals surface area (Å²) < 4.78 is 0. The average Bonchev–Trinajstić information content (AvgIpc) is 2.79. The summed E-state index contributed by atoms with van der Waals surface area (Å²) in [6.07, 6.45) is 0. The van der Waals surface area contributed by atoms with E-state index in [0.717, 1.165) is 4.90 Å². The second-order valence-electron chi connectivity index (χ2n) is 4.58. The summed E-state index contributed by atoms with van der Waals surface area (Å²) >= 11 is 5.88. The molecule has 2 aliphatic rings. The van der Waals surface area contributed by atoms with Crippen LogP contribution in [0.15, 0.2) is 34.5 Å². The fraction of sp³-hybridized carbons (Fsp3) is 0.333. The van der Waals surface area contributed by atoms with Gasteiger partial charge in [0.25, 0.3) is 5.91 Å². The van der Waals surface area contributed by atoms with Crippen LogP contribution in [-0.4, -0.2) is 23.9 Å². The molecule has 0 spiro atoms. The summed E-state index contributed by atoms with van der Waals surface area (Å²) in [7, 11) is 0. The van der Waals surface area contributed by atoms with Gasteiger partial charge in [-0.15, -0.1) is 0 Å². The average molecular weight is 264 g/mol. The number of hydrogen-bond acceptors (Lipinski definition) is 4. The lowest BCUT2D eigenvalue weighted by atomic mass is 9.90. The molecule has 1 aromatic carbocycles. The third kappa shape index (κ3) is 1.34. The maximum absolute atomic E-state index is 12.3. The van der Waals surface area contributed by atoms with Crippen LogP contribution < -0.4 is 4.90 Å². The molecule has 18 heavy (non-hydrogen) atoms. The molecule has 5 nitrogen and oxygen atoms in total. The molecule has 2 heterocycles. The Balaban J connectivity index is 2.07. The van der Waals surface area contributed by atoms with Crippen molar-refractivity contribution in [2.45, 2.75) is 12.5 Å². The van der Waals surface area contributed by atoms with Crippen molar-refractivity contribution in [1.82, 2.24) is 0 Å². The van der Waals surface area contributed by atoms with Gasteiger partial charge in [-0.05, 0) is 25.1 Å². The van der Waals surface area contributed by atoms with Crippen LogP contribution in [0.2, 0.25) is 5.02 Å². The minimum Gasteiger partial charge on any atom is -0.274 e. The van der Waals surface area contributed by atoms with Crippen molar-refractivity contribution in [3.63, 3.8) is 0 Å². The van der Waals surface area contributed by atoms with Crippen LogP contribution in [0.25, 0.3) is 0 Å². The maximum Gasteiger partial charge on any atom is 0.264 e. The Morgan fingerprint density at radius 3 is 2.89 bits per heavy atom. The number of amides is 2. The van der Waals surface area contributed by atoms with Gasteiger partial charge in [0.2, 0.25) is 5.91 Å². The highest BCUT2D eigenvalue weighted by Gasteiger charge is 2.59. The predicted molar refractivity (Wildman–Crippen MR) is 65.6 cm³/mol. The largest absolute Gasteiger partial charge is 0.274 e. The van der Waals surface area contributed by atoms with E-state index in [0.29, 0.717) is 10.7 Å². The number of fused-ring (bicyclic) bond motifs is 1. The monoisotopic (exact) mass is 263 g/mol. The molecule has 92 valence electrons. The highest BCUT2D eigenvalue weighted by atomic mass is 35.5. The molecule has 6 heteroatoms. The fourth-order valence-corrected chi connectivity index (χ4v) is 2.55. The van der Waals surface area contributed by atoms with Crippen LogP contribution in [0.5, 0.6) is 0 Å². The van der Waals surface area contributed by atoms with E-state index in [1.54, 1.807) is 31.2 Å². The minimum absolute atomic E-state index is 0.255. The first-order valence-electron chi connectivity index (χ1n) is 5.56. The van der Waals surface area contributed by atoms with Gasteiger partial charge in [-0.2, -0.15) is 10.2 Å². The van der Waals surface area contributed by atoms with E-state index in [4.69, 9.17) is 11.6 Å². The molecular formula is C12H10ClN3O2. The van der Waals surface area contributed by atoms with E-state index in [1.807, 2.05) is 0 Å². The van der Waals surface area contributed by atoms with Gasteiger partial charge in [-0.25, -0.2) is 4.90 Å². The maximum atomic E-state index is 12.3. The first-order chi connectivity index (χ1) is 8.54. The number of carbonyl (C=O) groups is 2.